The molecule has 1 N–H and O–H groups in total. The highest BCUT2D eigenvalue weighted by molar-refractivity contribution is 5.03. The third kappa shape index (κ3) is 3.42. The van der Waals surface area contributed by atoms with Crippen LogP contribution in [0.2, 0.25) is 0 Å². The van der Waals surface area contributed by atoms with Gasteiger partial charge < -0.3 is 5.32 Å². The van der Waals surface area contributed by atoms with Gasteiger partial charge in [0.05, 0.1) is 12.7 Å². The lowest BCUT2D eigenvalue weighted by Gasteiger charge is -2.04. The van der Waals surface area contributed by atoms with E-state index in [1.54, 1.807) is 6.20 Å². The van der Waals surface area contributed by atoms with Crippen LogP contribution < -0.4 is 5.32 Å². The first kappa shape index (κ1) is 11.9. The minimum absolute atomic E-state index is 0.424. The smallest absolute Gasteiger partial charge is 0.0534 e. The summed E-state index contributed by atoms with van der Waals surface area (Å²) in [6.07, 6.45) is 7.78. The van der Waals surface area contributed by atoms with Crippen LogP contribution in [-0.4, -0.2) is 26.1 Å². The van der Waals surface area contributed by atoms with Crippen LogP contribution in [-0.2, 0) is 13.1 Å². The van der Waals surface area contributed by atoms with Gasteiger partial charge in [0.2, 0.25) is 0 Å². The molecule has 0 aliphatic rings. The highest BCUT2D eigenvalue weighted by atomic mass is 15.3. The van der Waals surface area contributed by atoms with E-state index in [0.717, 1.165) is 19.6 Å². The Hall–Kier alpha value is -1.62. The van der Waals surface area contributed by atoms with Crippen molar-refractivity contribution in [2.24, 2.45) is 0 Å². The molecule has 0 bridgehead atoms. The average Bonchev–Trinajstić information content (AvgIpc) is 2.96. The Balaban J connectivity index is 1.71. The first-order chi connectivity index (χ1) is 8.25. The minimum Gasteiger partial charge on any atom is -0.311 e. The van der Waals surface area contributed by atoms with Gasteiger partial charge in [0, 0.05) is 43.3 Å². The van der Waals surface area contributed by atoms with E-state index in [4.69, 9.17) is 0 Å². The number of nitrogens with one attached hydrogen (secondary N) is 1. The van der Waals surface area contributed by atoms with Gasteiger partial charge in [0.15, 0.2) is 0 Å². The molecule has 5 nitrogen and oxygen atoms in total. The van der Waals surface area contributed by atoms with E-state index in [1.807, 2.05) is 27.8 Å². The van der Waals surface area contributed by atoms with E-state index >= 15 is 0 Å². The van der Waals surface area contributed by atoms with Gasteiger partial charge in [0.25, 0.3) is 0 Å². The lowest BCUT2D eigenvalue weighted by molar-refractivity contribution is 0.530. The summed E-state index contributed by atoms with van der Waals surface area (Å²) in [6.45, 7) is 6.91. The van der Waals surface area contributed by atoms with E-state index in [0.29, 0.717) is 6.04 Å². The molecule has 2 rings (SSSR count). The molecule has 92 valence electrons. The van der Waals surface area contributed by atoms with Crippen LogP contribution in [0.4, 0.5) is 0 Å². The van der Waals surface area contributed by atoms with Crippen molar-refractivity contribution in [2.75, 3.05) is 6.54 Å². The summed E-state index contributed by atoms with van der Waals surface area (Å²) in [4.78, 5) is 0. The van der Waals surface area contributed by atoms with Gasteiger partial charge in [-0.3, -0.25) is 9.36 Å². The summed E-state index contributed by atoms with van der Waals surface area (Å²) in [5.41, 5.74) is 1.22. The fraction of sp³-hybridized carbons (Fsp3) is 0.500. The van der Waals surface area contributed by atoms with Crippen LogP contribution in [0.5, 0.6) is 0 Å². The molecule has 2 heterocycles. The van der Waals surface area contributed by atoms with Gasteiger partial charge in [-0.05, 0) is 19.9 Å². The molecule has 0 aromatic carbocycles. The number of nitrogens with zero attached hydrogens (tertiary/aromatic N) is 4. The van der Waals surface area contributed by atoms with E-state index < -0.39 is 0 Å². The molecule has 0 atom stereocenters. The number of aromatic nitrogens is 4. The maximum Gasteiger partial charge on any atom is 0.0534 e. The summed E-state index contributed by atoms with van der Waals surface area (Å²) >= 11 is 0. The molecule has 0 amide bonds. The maximum atomic E-state index is 4.30. The summed E-state index contributed by atoms with van der Waals surface area (Å²) in [5, 5.41) is 11.8. The molecular formula is C12H19N5. The molecule has 0 radical (unpaired) electrons. The van der Waals surface area contributed by atoms with Crippen molar-refractivity contribution >= 4 is 0 Å². The highest BCUT2D eigenvalue weighted by Crippen LogP contribution is 2.04. The molecular weight excluding hydrogens is 214 g/mol. The zero-order valence-corrected chi connectivity index (χ0v) is 10.4. The monoisotopic (exact) mass is 233 g/mol. The molecule has 0 saturated carbocycles. The molecule has 17 heavy (non-hydrogen) atoms. The standard InChI is InChI=1S/C12H19N5/c1-11(2)17-10-12(9-15-17)8-13-5-7-16-6-3-4-14-16/h3-4,6,9-11,13H,5,7-8H2,1-2H3. The normalized spacial score (nSPS) is 11.2. The quantitative estimate of drug-likeness (QED) is 0.768. The van der Waals surface area contributed by atoms with Gasteiger partial charge in [-0.1, -0.05) is 0 Å². The van der Waals surface area contributed by atoms with Crippen LogP contribution in [0.1, 0.15) is 25.5 Å². The zero-order chi connectivity index (χ0) is 12.1. The Morgan fingerprint density at radius 2 is 2.24 bits per heavy atom. The second-order valence-electron chi connectivity index (χ2n) is 4.37. The minimum atomic E-state index is 0.424. The van der Waals surface area contributed by atoms with Crippen LogP contribution >= 0.6 is 0 Å². The summed E-state index contributed by atoms with van der Waals surface area (Å²) in [7, 11) is 0. The average molecular weight is 233 g/mol. The van der Waals surface area contributed by atoms with Gasteiger partial charge >= 0.3 is 0 Å². The second kappa shape index (κ2) is 5.63. The van der Waals surface area contributed by atoms with Crippen LogP contribution in [0.15, 0.2) is 30.9 Å². The van der Waals surface area contributed by atoms with Crippen molar-refractivity contribution < 1.29 is 0 Å². The summed E-state index contributed by atoms with van der Waals surface area (Å²) in [5.74, 6) is 0. The van der Waals surface area contributed by atoms with Gasteiger partial charge in [-0.25, -0.2) is 0 Å². The molecule has 0 fully saturated rings. The molecule has 0 aliphatic carbocycles. The Labute approximate surface area is 101 Å². The predicted octanol–water partition coefficient (Wildman–Crippen LogP) is 1.45. The highest BCUT2D eigenvalue weighted by Gasteiger charge is 2.00. The molecule has 0 unspecified atom stereocenters. The summed E-state index contributed by atoms with van der Waals surface area (Å²) in [6, 6.07) is 2.36. The molecule has 0 spiro atoms. The maximum absolute atomic E-state index is 4.30. The van der Waals surface area contributed by atoms with Crippen molar-refractivity contribution in [1.82, 2.24) is 24.9 Å². The molecule has 2 aromatic rings. The third-order valence-corrected chi connectivity index (χ3v) is 2.59. The fourth-order valence-electron chi connectivity index (χ4n) is 1.61. The number of rotatable bonds is 6. The lowest BCUT2D eigenvalue weighted by atomic mass is 10.3. The first-order valence-electron chi connectivity index (χ1n) is 5.97. The van der Waals surface area contributed by atoms with Gasteiger partial charge in [-0.2, -0.15) is 10.2 Å². The second-order valence-corrected chi connectivity index (χ2v) is 4.37. The van der Waals surface area contributed by atoms with Crippen LogP contribution in [0.25, 0.3) is 0 Å². The number of hydrogen-bond acceptors (Lipinski definition) is 3. The topological polar surface area (TPSA) is 47.7 Å². The van der Waals surface area contributed by atoms with Crippen molar-refractivity contribution in [1.29, 1.82) is 0 Å². The van der Waals surface area contributed by atoms with E-state index in [1.165, 1.54) is 5.56 Å². The zero-order valence-electron chi connectivity index (χ0n) is 10.4. The first-order valence-corrected chi connectivity index (χ1v) is 5.97. The van der Waals surface area contributed by atoms with Crippen LogP contribution in [0, 0.1) is 0 Å². The molecule has 5 heteroatoms. The Morgan fingerprint density at radius 3 is 2.88 bits per heavy atom. The van der Waals surface area contributed by atoms with E-state index in [-0.39, 0.29) is 0 Å². The Morgan fingerprint density at radius 1 is 1.35 bits per heavy atom. The lowest BCUT2D eigenvalue weighted by Crippen LogP contribution is -2.19. The summed E-state index contributed by atoms with van der Waals surface area (Å²) < 4.78 is 3.90. The molecule has 2 aromatic heterocycles. The van der Waals surface area contributed by atoms with E-state index in [2.05, 4.69) is 35.6 Å². The van der Waals surface area contributed by atoms with Gasteiger partial charge in [0.1, 0.15) is 0 Å². The number of hydrogen-bond donors (Lipinski definition) is 1. The SMILES string of the molecule is CC(C)n1cc(CNCCn2cccn2)cn1. The van der Waals surface area contributed by atoms with Crippen molar-refractivity contribution in [2.45, 2.75) is 33.0 Å². The van der Waals surface area contributed by atoms with Crippen molar-refractivity contribution in [3.63, 3.8) is 0 Å². The van der Waals surface area contributed by atoms with Crippen molar-refractivity contribution in [3.8, 4) is 0 Å². The molecule has 0 saturated heterocycles. The Bertz CT molecular complexity index is 429. The van der Waals surface area contributed by atoms with Crippen molar-refractivity contribution in [3.05, 3.63) is 36.4 Å². The molecule has 0 aliphatic heterocycles. The third-order valence-electron chi connectivity index (χ3n) is 2.59. The predicted molar refractivity (Wildman–Crippen MR) is 66.5 cm³/mol. The van der Waals surface area contributed by atoms with Gasteiger partial charge in [-0.15, -0.1) is 0 Å². The van der Waals surface area contributed by atoms with E-state index in [9.17, 15) is 0 Å². The largest absolute Gasteiger partial charge is 0.311 e. The van der Waals surface area contributed by atoms with Crippen LogP contribution in [0.3, 0.4) is 0 Å². The Kier molecular flexibility index (Phi) is 3.93. The fourth-order valence-corrected chi connectivity index (χ4v) is 1.61.